The van der Waals surface area contributed by atoms with Gasteiger partial charge in [-0.1, -0.05) is 40.2 Å². The van der Waals surface area contributed by atoms with Gasteiger partial charge in [-0.2, -0.15) is 5.10 Å². The number of hydrogen-bond donors (Lipinski definition) is 0. The number of benzene rings is 2. The number of ether oxygens (including phenoxy) is 1. The Hall–Kier alpha value is -2.18. The molecule has 0 saturated carbocycles. The van der Waals surface area contributed by atoms with Crippen molar-refractivity contribution >= 4 is 33.0 Å². The number of fused-ring (bicyclic) bond motifs is 3. The van der Waals surface area contributed by atoms with Gasteiger partial charge in [-0.25, -0.2) is 9.40 Å². The van der Waals surface area contributed by atoms with E-state index in [2.05, 4.69) is 28.1 Å². The average Bonchev–Trinajstić information content (AvgIpc) is 3.31. The molecule has 2 atom stereocenters. The van der Waals surface area contributed by atoms with Crippen LogP contribution in [0.1, 0.15) is 34.7 Å². The van der Waals surface area contributed by atoms with E-state index in [1.54, 1.807) is 23.5 Å². The highest BCUT2D eigenvalue weighted by atomic mass is 79.9. The fourth-order valence-electron chi connectivity index (χ4n) is 3.53. The van der Waals surface area contributed by atoms with Gasteiger partial charge in [0.25, 0.3) is 0 Å². The lowest BCUT2D eigenvalue weighted by atomic mass is 9.97. The Bertz CT molecular complexity index is 1000. The first-order chi connectivity index (χ1) is 12.7. The van der Waals surface area contributed by atoms with Crippen molar-refractivity contribution in [2.75, 3.05) is 0 Å². The molecule has 0 N–H and O–H groups in total. The molecule has 2 aliphatic heterocycles. The largest absolute Gasteiger partial charge is 0.464 e. The third-order valence-electron chi connectivity index (χ3n) is 4.73. The predicted molar refractivity (Wildman–Crippen MR) is 104 cm³/mol. The SMILES string of the molecule is Fc1ccccc1[C@H]1Oc2ccc(Br)cc2[C@H]2CC(c3cccs3)=NN21. The van der Waals surface area contributed by atoms with E-state index in [1.807, 2.05) is 34.7 Å². The molecule has 26 heavy (non-hydrogen) atoms. The molecule has 3 aromatic rings. The van der Waals surface area contributed by atoms with E-state index in [0.29, 0.717) is 5.56 Å². The molecule has 0 fully saturated rings. The van der Waals surface area contributed by atoms with E-state index in [-0.39, 0.29) is 11.9 Å². The summed E-state index contributed by atoms with van der Waals surface area (Å²) in [5.41, 5.74) is 2.59. The Morgan fingerprint density at radius 1 is 1.12 bits per heavy atom. The second-order valence-electron chi connectivity index (χ2n) is 6.30. The van der Waals surface area contributed by atoms with Gasteiger partial charge in [0.1, 0.15) is 11.6 Å². The monoisotopic (exact) mass is 428 g/mol. The van der Waals surface area contributed by atoms with Gasteiger partial charge in [0.05, 0.1) is 22.2 Å². The third-order valence-corrected chi connectivity index (χ3v) is 6.14. The topological polar surface area (TPSA) is 24.8 Å². The Balaban J connectivity index is 1.64. The molecule has 0 aliphatic carbocycles. The van der Waals surface area contributed by atoms with Crippen molar-refractivity contribution in [3.05, 3.63) is 86.3 Å². The maximum atomic E-state index is 14.5. The summed E-state index contributed by atoms with van der Waals surface area (Å²) in [6.45, 7) is 0. The summed E-state index contributed by atoms with van der Waals surface area (Å²) in [5.74, 6) is 0.502. The molecule has 0 unspecified atom stereocenters. The Morgan fingerprint density at radius 3 is 2.81 bits per heavy atom. The average molecular weight is 429 g/mol. The van der Waals surface area contributed by atoms with Gasteiger partial charge in [-0.3, -0.25) is 0 Å². The van der Waals surface area contributed by atoms with Crippen molar-refractivity contribution in [2.24, 2.45) is 5.10 Å². The van der Waals surface area contributed by atoms with Crippen LogP contribution in [0.4, 0.5) is 4.39 Å². The molecule has 1 aromatic heterocycles. The second-order valence-corrected chi connectivity index (χ2v) is 8.16. The normalized spacial score (nSPS) is 21.0. The number of halogens is 2. The summed E-state index contributed by atoms with van der Waals surface area (Å²) in [7, 11) is 0. The van der Waals surface area contributed by atoms with Gasteiger partial charge >= 0.3 is 0 Å². The number of hydrazone groups is 1. The zero-order valence-corrected chi connectivity index (χ0v) is 16.0. The van der Waals surface area contributed by atoms with Gasteiger partial charge in [0.2, 0.25) is 6.23 Å². The molecule has 0 radical (unpaired) electrons. The summed E-state index contributed by atoms with van der Waals surface area (Å²) in [6.07, 6.45) is 0.200. The van der Waals surface area contributed by atoms with Gasteiger partial charge in [0, 0.05) is 16.5 Å². The van der Waals surface area contributed by atoms with Crippen molar-refractivity contribution in [1.82, 2.24) is 5.01 Å². The Labute approximate surface area is 162 Å². The smallest absolute Gasteiger partial charge is 0.216 e. The van der Waals surface area contributed by atoms with Crippen molar-refractivity contribution < 1.29 is 9.13 Å². The fraction of sp³-hybridized carbons (Fsp3) is 0.150. The van der Waals surface area contributed by atoms with Gasteiger partial charge in [-0.15, -0.1) is 11.3 Å². The molecule has 0 amide bonds. The van der Waals surface area contributed by atoms with Crippen LogP contribution in [0.5, 0.6) is 5.75 Å². The van der Waals surface area contributed by atoms with Crippen LogP contribution in [0.15, 0.2) is 69.6 Å². The number of thiophene rings is 1. The van der Waals surface area contributed by atoms with E-state index < -0.39 is 6.23 Å². The molecular weight excluding hydrogens is 415 g/mol. The minimum atomic E-state index is -0.577. The highest BCUT2D eigenvalue weighted by molar-refractivity contribution is 9.10. The standard InChI is InChI=1S/C20H14BrFN2OS/c21-12-7-8-18-14(10-12)17-11-16(19-6-3-9-26-19)23-24(17)20(25-18)13-4-1-2-5-15(13)22/h1-10,17,20H,11H2/t17-,20-/m1/s1. The lowest BCUT2D eigenvalue weighted by Crippen LogP contribution is -2.34. The predicted octanol–water partition coefficient (Wildman–Crippen LogP) is 5.89. The van der Waals surface area contributed by atoms with Crippen LogP contribution >= 0.6 is 27.3 Å². The minimum absolute atomic E-state index is 0.0259. The van der Waals surface area contributed by atoms with E-state index in [9.17, 15) is 4.39 Å². The van der Waals surface area contributed by atoms with E-state index in [4.69, 9.17) is 9.84 Å². The maximum absolute atomic E-state index is 14.5. The van der Waals surface area contributed by atoms with Gasteiger partial charge in [0.15, 0.2) is 0 Å². The summed E-state index contributed by atoms with van der Waals surface area (Å²) >= 11 is 5.21. The molecule has 3 nitrogen and oxygen atoms in total. The molecule has 2 aliphatic rings. The molecule has 6 heteroatoms. The van der Waals surface area contributed by atoms with E-state index in [0.717, 1.165) is 32.8 Å². The maximum Gasteiger partial charge on any atom is 0.216 e. The first-order valence-electron chi connectivity index (χ1n) is 8.31. The van der Waals surface area contributed by atoms with Crippen LogP contribution in [0.3, 0.4) is 0 Å². The first kappa shape index (κ1) is 16.0. The van der Waals surface area contributed by atoms with Crippen LogP contribution in [-0.4, -0.2) is 10.7 Å². The number of hydrogen-bond acceptors (Lipinski definition) is 4. The van der Waals surface area contributed by atoms with Gasteiger partial charge in [-0.05, 0) is 35.7 Å². The zero-order valence-electron chi connectivity index (χ0n) is 13.6. The quantitative estimate of drug-likeness (QED) is 0.507. The van der Waals surface area contributed by atoms with Crippen LogP contribution in [-0.2, 0) is 0 Å². The molecule has 130 valence electrons. The highest BCUT2D eigenvalue weighted by Crippen LogP contribution is 2.48. The fourth-order valence-corrected chi connectivity index (χ4v) is 4.63. The number of nitrogens with zero attached hydrogens (tertiary/aromatic N) is 2. The van der Waals surface area contributed by atoms with Crippen molar-refractivity contribution in [1.29, 1.82) is 0 Å². The summed E-state index contributed by atoms with van der Waals surface area (Å²) in [6, 6.07) is 16.8. The first-order valence-corrected chi connectivity index (χ1v) is 9.98. The summed E-state index contributed by atoms with van der Waals surface area (Å²) in [5, 5.41) is 8.78. The van der Waals surface area contributed by atoms with Crippen LogP contribution < -0.4 is 4.74 Å². The third kappa shape index (κ3) is 2.56. The molecule has 3 heterocycles. The van der Waals surface area contributed by atoms with Crippen LogP contribution in [0.25, 0.3) is 0 Å². The molecule has 0 bridgehead atoms. The van der Waals surface area contributed by atoms with E-state index >= 15 is 0 Å². The summed E-state index contributed by atoms with van der Waals surface area (Å²) in [4.78, 5) is 1.14. The Kier molecular flexibility index (Phi) is 3.83. The molecule has 5 rings (SSSR count). The summed E-state index contributed by atoms with van der Waals surface area (Å²) < 4.78 is 21.7. The van der Waals surface area contributed by atoms with Crippen molar-refractivity contribution in [2.45, 2.75) is 18.7 Å². The lowest BCUT2D eigenvalue weighted by Gasteiger charge is -2.38. The number of rotatable bonds is 2. The molecule has 2 aromatic carbocycles. The van der Waals surface area contributed by atoms with Crippen molar-refractivity contribution in [3.8, 4) is 5.75 Å². The highest BCUT2D eigenvalue weighted by Gasteiger charge is 2.42. The second kappa shape index (κ2) is 6.21. The van der Waals surface area contributed by atoms with E-state index in [1.165, 1.54) is 6.07 Å². The Morgan fingerprint density at radius 2 is 2.00 bits per heavy atom. The molecular formula is C20H14BrFN2OS. The molecule has 0 saturated heterocycles. The van der Waals surface area contributed by atoms with Crippen LogP contribution in [0, 0.1) is 5.82 Å². The van der Waals surface area contributed by atoms with Gasteiger partial charge < -0.3 is 4.74 Å². The van der Waals surface area contributed by atoms with Crippen molar-refractivity contribution in [3.63, 3.8) is 0 Å². The van der Waals surface area contributed by atoms with Crippen LogP contribution in [0.2, 0.25) is 0 Å². The lowest BCUT2D eigenvalue weighted by molar-refractivity contribution is -0.0212. The minimum Gasteiger partial charge on any atom is -0.464 e. The zero-order chi connectivity index (χ0) is 17.7. The molecule has 0 spiro atoms.